The highest BCUT2D eigenvalue weighted by Crippen LogP contribution is 2.27. The molecule has 2 N–H and O–H groups in total. The molecule has 2 aliphatic rings. The van der Waals surface area contributed by atoms with Crippen LogP contribution in [-0.2, 0) is 11.2 Å². The maximum atomic E-state index is 12.6. The summed E-state index contributed by atoms with van der Waals surface area (Å²) in [6, 6.07) is 7.45. The molecule has 1 atom stereocenters. The fourth-order valence-corrected chi connectivity index (χ4v) is 3.53. The molecule has 1 aliphatic heterocycles. The molecular formula is C18H25N3O2. The van der Waals surface area contributed by atoms with Crippen LogP contribution < -0.4 is 15.5 Å². The van der Waals surface area contributed by atoms with Gasteiger partial charge in [-0.2, -0.15) is 0 Å². The normalized spacial score (nSPS) is 19.1. The van der Waals surface area contributed by atoms with Crippen molar-refractivity contribution in [3.8, 4) is 0 Å². The summed E-state index contributed by atoms with van der Waals surface area (Å²) >= 11 is 0. The molecule has 1 aromatic rings. The van der Waals surface area contributed by atoms with Gasteiger partial charge in [-0.3, -0.25) is 4.79 Å². The summed E-state index contributed by atoms with van der Waals surface area (Å²) in [7, 11) is 0. The summed E-state index contributed by atoms with van der Waals surface area (Å²) in [5, 5.41) is 5.79. The maximum absolute atomic E-state index is 12.6. The maximum Gasteiger partial charge on any atom is 0.315 e. The Morgan fingerprint density at radius 3 is 2.70 bits per heavy atom. The second kappa shape index (κ2) is 7.02. The van der Waals surface area contributed by atoms with Crippen molar-refractivity contribution >= 4 is 17.6 Å². The molecule has 0 bridgehead atoms. The van der Waals surface area contributed by atoms with Crippen LogP contribution in [0.5, 0.6) is 0 Å². The highest BCUT2D eigenvalue weighted by molar-refractivity contribution is 6.00. The average molecular weight is 315 g/mol. The molecule has 1 aromatic carbocycles. The summed E-state index contributed by atoms with van der Waals surface area (Å²) in [4.78, 5) is 26.5. The number of anilines is 1. The van der Waals surface area contributed by atoms with E-state index < -0.39 is 6.04 Å². The highest BCUT2D eigenvalue weighted by atomic mass is 16.2. The molecule has 1 saturated carbocycles. The van der Waals surface area contributed by atoms with Crippen LogP contribution >= 0.6 is 0 Å². The first kappa shape index (κ1) is 15.8. The van der Waals surface area contributed by atoms with Crippen LogP contribution in [0.1, 0.15) is 44.6 Å². The van der Waals surface area contributed by atoms with E-state index in [0.717, 1.165) is 24.9 Å². The van der Waals surface area contributed by atoms with Crippen LogP contribution in [-0.4, -0.2) is 30.6 Å². The number of benzene rings is 1. The van der Waals surface area contributed by atoms with Crippen molar-refractivity contribution in [1.29, 1.82) is 0 Å². The van der Waals surface area contributed by atoms with Gasteiger partial charge in [0.15, 0.2) is 0 Å². The van der Waals surface area contributed by atoms with Crippen molar-refractivity contribution in [1.82, 2.24) is 10.6 Å². The van der Waals surface area contributed by atoms with Gasteiger partial charge in [-0.15, -0.1) is 0 Å². The minimum atomic E-state index is -0.523. The van der Waals surface area contributed by atoms with E-state index >= 15 is 0 Å². The van der Waals surface area contributed by atoms with E-state index in [4.69, 9.17) is 0 Å². The third-order valence-electron chi connectivity index (χ3n) is 4.81. The summed E-state index contributed by atoms with van der Waals surface area (Å²) < 4.78 is 0. The Hall–Kier alpha value is -2.04. The van der Waals surface area contributed by atoms with Crippen molar-refractivity contribution in [2.75, 3.05) is 11.4 Å². The first-order chi connectivity index (χ1) is 11.1. The van der Waals surface area contributed by atoms with Crippen LogP contribution in [0.25, 0.3) is 0 Å². The molecule has 0 aromatic heterocycles. The molecule has 1 aliphatic carbocycles. The molecule has 5 nitrogen and oxygen atoms in total. The number of hydrogen-bond donors (Lipinski definition) is 2. The number of urea groups is 1. The average Bonchev–Trinajstić information content (AvgIpc) is 2.99. The molecule has 0 spiro atoms. The predicted octanol–water partition coefficient (Wildman–Crippen LogP) is 2.60. The molecule has 1 heterocycles. The lowest BCUT2D eigenvalue weighted by molar-refractivity contribution is -0.119. The van der Waals surface area contributed by atoms with Crippen LogP contribution in [0.15, 0.2) is 24.3 Å². The second-order valence-corrected chi connectivity index (χ2v) is 6.54. The van der Waals surface area contributed by atoms with Crippen molar-refractivity contribution < 1.29 is 9.59 Å². The minimum absolute atomic E-state index is 0.0475. The Balaban J connectivity index is 1.54. The van der Waals surface area contributed by atoms with E-state index in [9.17, 15) is 9.59 Å². The number of para-hydroxylation sites is 1. The molecule has 3 rings (SSSR count). The molecule has 5 heteroatoms. The number of nitrogens with one attached hydrogen (secondary N) is 2. The van der Waals surface area contributed by atoms with Gasteiger partial charge in [0.25, 0.3) is 0 Å². The van der Waals surface area contributed by atoms with Crippen molar-refractivity contribution in [2.24, 2.45) is 0 Å². The number of nitrogens with zero attached hydrogens (tertiary/aromatic N) is 1. The largest absolute Gasteiger partial charge is 0.335 e. The number of amides is 3. The smallest absolute Gasteiger partial charge is 0.315 e. The second-order valence-electron chi connectivity index (χ2n) is 6.54. The van der Waals surface area contributed by atoms with Crippen molar-refractivity contribution in [2.45, 2.75) is 57.5 Å². The van der Waals surface area contributed by atoms with E-state index in [1.807, 2.05) is 18.2 Å². The molecule has 1 fully saturated rings. The Morgan fingerprint density at radius 2 is 1.91 bits per heavy atom. The first-order valence-electron chi connectivity index (χ1n) is 8.61. The quantitative estimate of drug-likeness (QED) is 0.900. The summed E-state index contributed by atoms with van der Waals surface area (Å²) in [6.45, 7) is 2.44. The lowest BCUT2D eigenvalue weighted by Crippen LogP contribution is -2.51. The van der Waals surface area contributed by atoms with Crippen LogP contribution in [0.3, 0.4) is 0 Å². The number of carbonyl (C=O) groups excluding carboxylic acids is 2. The predicted molar refractivity (Wildman–Crippen MR) is 90.5 cm³/mol. The van der Waals surface area contributed by atoms with Crippen LogP contribution in [0.2, 0.25) is 0 Å². The third kappa shape index (κ3) is 3.66. The molecule has 0 radical (unpaired) electrons. The van der Waals surface area contributed by atoms with Gasteiger partial charge in [-0.25, -0.2) is 4.79 Å². The Labute approximate surface area is 137 Å². The standard InChI is InChI=1S/C18H25N3O2/c1-13(19-18(23)20-15-8-3-2-4-9-15)17(22)21-12-11-14-7-5-6-10-16(14)21/h5-7,10,13,15H,2-4,8-9,11-12H2,1H3,(H2,19,20,23)/t13-/m1/s1. The molecule has 23 heavy (non-hydrogen) atoms. The van der Waals surface area contributed by atoms with Crippen molar-refractivity contribution in [3.63, 3.8) is 0 Å². The number of rotatable bonds is 3. The van der Waals surface area contributed by atoms with Gasteiger partial charge in [0, 0.05) is 18.3 Å². The Kier molecular flexibility index (Phi) is 4.84. The van der Waals surface area contributed by atoms with E-state index in [1.54, 1.807) is 11.8 Å². The number of hydrogen-bond acceptors (Lipinski definition) is 2. The molecule has 124 valence electrons. The fraction of sp³-hybridized carbons (Fsp3) is 0.556. The zero-order chi connectivity index (χ0) is 16.2. The monoisotopic (exact) mass is 315 g/mol. The topological polar surface area (TPSA) is 61.4 Å². The third-order valence-corrected chi connectivity index (χ3v) is 4.81. The van der Waals surface area contributed by atoms with Gasteiger partial charge in [-0.05, 0) is 37.8 Å². The van der Waals surface area contributed by atoms with Gasteiger partial charge in [-0.1, -0.05) is 37.5 Å². The van der Waals surface area contributed by atoms with Crippen molar-refractivity contribution in [3.05, 3.63) is 29.8 Å². The van der Waals surface area contributed by atoms with Gasteiger partial charge in [0.2, 0.25) is 5.91 Å². The van der Waals surface area contributed by atoms with Gasteiger partial charge >= 0.3 is 6.03 Å². The van der Waals surface area contributed by atoms with E-state index in [2.05, 4.69) is 16.7 Å². The summed E-state index contributed by atoms with van der Waals surface area (Å²) in [5.74, 6) is -0.0475. The SMILES string of the molecule is C[C@@H](NC(=O)NC1CCCCC1)C(=O)N1CCc2ccccc21. The number of fused-ring (bicyclic) bond motifs is 1. The Bertz CT molecular complexity index is 581. The van der Waals surface area contributed by atoms with E-state index in [1.165, 1.54) is 24.8 Å². The molecule has 0 unspecified atom stereocenters. The van der Waals surface area contributed by atoms with Gasteiger partial charge in [0.1, 0.15) is 6.04 Å². The lowest BCUT2D eigenvalue weighted by atomic mass is 9.96. The lowest BCUT2D eigenvalue weighted by Gasteiger charge is -2.25. The van der Waals surface area contributed by atoms with Crippen LogP contribution in [0, 0.1) is 0 Å². The summed E-state index contributed by atoms with van der Waals surface area (Å²) in [6.07, 6.45) is 6.55. The van der Waals surface area contributed by atoms with Crippen LogP contribution in [0.4, 0.5) is 10.5 Å². The zero-order valence-corrected chi connectivity index (χ0v) is 13.7. The highest BCUT2D eigenvalue weighted by Gasteiger charge is 2.28. The zero-order valence-electron chi connectivity index (χ0n) is 13.7. The summed E-state index contributed by atoms with van der Waals surface area (Å²) in [5.41, 5.74) is 2.17. The van der Waals surface area contributed by atoms with E-state index in [0.29, 0.717) is 6.54 Å². The minimum Gasteiger partial charge on any atom is -0.335 e. The number of carbonyl (C=O) groups is 2. The molecule has 3 amide bonds. The Morgan fingerprint density at radius 1 is 1.17 bits per heavy atom. The van der Waals surface area contributed by atoms with E-state index in [-0.39, 0.29) is 18.0 Å². The molecule has 0 saturated heterocycles. The van der Waals surface area contributed by atoms with Gasteiger partial charge in [0.05, 0.1) is 0 Å². The van der Waals surface area contributed by atoms with Gasteiger partial charge < -0.3 is 15.5 Å². The first-order valence-corrected chi connectivity index (χ1v) is 8.61. The fourth-order valence-electron chi connectivity index (χ4n) is 3.53. The molecular weight excluding hydrogens is 290 g/mol.